The lowest BCUT2D eigenvalue weighted by molar-refractivity contribution is -0.155. The minimum Gasteiger partial charge on any atom is -0.326 e. The highest BCUT2D eigenvalue weighted by Gasteiger charge is 2.48. The Hall–Kier alpha value is -3.39. The second-order valence-electron chi connectivity index (χ2n) is 6.89. The Morgan fingerprint density at radius 2 is 1.67 bits per heavy atom. The summed E-state index contributed by atoms with van der Waals surface area (Å²) < 4.78 is 0. The SMILES string of the molecule is CN1C(=O)C(C)(Cc2ccccc2)N(C)C(=O)/C1=C\c1ccccc1C#N. The first-order chi connectivity index (χ1) is 12.9. The summed E-state index contributed by atoms with van der Waals surface area (Å²) in [7, 11) is 3.26. The fraction of sp³-hybridized carbons (Fsp3) is 0.227. The first-order valence-electron chi connectivity index (χ1n) is 8.69. The molecule has 0 bridgehead atoms. The Bertz CT molecular complexity index is 959. The largest absolute Gasteiger partial charge is 0.326 e. The number of nitrogens with zero attached hydrogens (tertiary/aromatic N) is 3. The van der Waals surface area contributed by atoms with Crippen molar-refractivity contribution in [2.75, 3.05) is 14.1 Å². The Morgan fingerprint density at radius 3 is 2.33 bits per heavy atom. The molecule has 3 rings (SSSR count). The highest BCUT2D eigenvalue weighted by molar-refractivity contribution is 6.08. The zero-order valence-corrected chi connectivity index (χ0v) is 15.6. The standard InChI is InChI=1S/C22H21N3O2/c1-22(14-16-9-5-4-6-10-16)21(27)24(2)19(20(26)25(22)3)13-17-11-7-8-12-18(17)15-23/h4-13H,14H2,1-3H3/b19-13+. The fourth-order valence-electron chi connectivity index (χ4n) is 3.37. The lowest BCUT2D eigenvalue weighted by Gasteiger charge is -2.45. The van der Waals surface area contributed by atoms with Gasteiger partial charge in [0.05, 0.1) is 11.6 Å². The summed E-state index contributed by atoms with van der Waals surface area (Å²) in [6, 6.07) is 18.8. The number of piperazine rings is 1. The van der Waals surface area contributed by atoms with E-state index in [-0.39, 0.29) is 17.5 Å². The predicted octanol–water partition coefficient (Wildman–Crippen LogP) is 2.83. The molecule has 27 heavy (non-hydrogen) atoms. The van der Waals surface area contributed by atoms with Crippen molar-refractivity contribution < 1.29 is 9.59 Å². The molecule has 0 radical (unpaired) electrons. The van der Waals surface area contributed by atoms with Gasteiger partial charge in [-0.25, -0.2) is 0 Å². The summed E-state index contributed by atoms with van der Waals surface area (Å²) in [6.45, 7) is 1.79. The first-order valence-corrected chi connectivity index (χ1v) is 8.69. The fourth-order valence-corrected chi connectivity index (χ4v) is 3.37. The van der Waals surface area contributed by atoms with Crippen molar-refractivity contribution in [3.05, 3.63) is 77.0 Å². The van der Waals surface area contributed by atoms with Crippen molar-refractivity contribution in [2.45, 2.75) is 18.9 Å². The number of carbonyl (C=O) groups is 2. The van der Waals surface area contributed by atoms with E-state index in [9.17, 15) is 14.9 Å². The van der Waals surface area contributed by atoms with Crippen LogP contribution in [-0.2, 0) is 16.0 Å². The van der Waals surface area contributed by atoms with Crippen molar-refractivity contribution in [1.29, 1.82) is 5.26 Å². The summed E-state index contributed by atoms with van der Waals surface area (Å²) in [4.78, 5) is 29.2. The van der Waals surface area contributed by atoms with Crippen molar-refractivity contribution in [3.8, 4) is 6.07 Å². The number of hydrogen-bond acceptors (Lipinski definition) is 3. The van der Waals surface area contributed by atoms with E-state index in [2.05, 4.69) is 6.07 Å². The van der Waals surface area contributed by atoms with E-state index in [1.807, 2.05) is 30.3 Å². The molecular weight excluding hydrogens is 338 g/mol. The van der Waals surface area contributed by atoms with Gasteiger partial charge in [0.2, 0.25) is 0 Å². The van der Waals surface area contributed by atoms with E-state index in [1.54, 1.807) is 51.4 Å². The number of benzene rings is 2. The highest BCUT2D eigenvalue weighted by atomic mass is 16.2. The van der Waals surface area contributed by atoms with Crippen LogP contribution in [0.2, 0.25) is 0 Å². The topological polar surface area (TPSA) is 64.4 Å². The van der Waals surface area contributed by atoms with Crippen molar-refractivity contribution in [3.63, 3.8) is 0 Å². The summed E-state index contributed by atoms with van der Waals surface area (Å²) in [6.07, 6.45) is 2.04. The first kappa shape index (κ1) is 18.4. The van der Waals surface area contributed by atoms with E-state index in [0.717, 1.165) is 5.56 Å². The maximum Gasteiger partial charge on any atom is 0.271 e. The number of amides is 2. The van der Waals surface area contributed by atoms with Crippen LogP contribution in [0.15, 0.2) is 60.3 Å². The number of nitriles is 1. The Labute approximate surface area is 159 Å². The van der Waals surface area contributed by atoms with Crippen LogP contribution < -0.4 is 0 Å². The van der Waals surface area contributed by atoms with Gasteiger partial charge >= 0.3 is 0 Å². The lowest BCUT2D eigenvalue weighted by Crippen LogP contribution is -2.64. The molecule has 0 spiro atoms. The van der Waals surface area contributed by atoms with E-state index in [4.69, 9.17) is 0 Å². The van der Waals surface area contributed by atoms with Gasteiger partial charge in [-0.3, -0.25) is 9.59 Å². The zero-order chi connectivity index (χ0) is 19.6. The van der Waals surface area contributed by atoms with Gasteiger partial charge in [0, 0.05) is 20.5 Å². The van der Waals surface area contributed by atoms with Gasteiger partial charge < -0.3 is 9.80 Å². The van der Waals surface area contributed by atoms with Gasteiger partial charge in [0.25, 0.3) is 11.8 Å². The number of hydrogen-bond donors (Lipinski definition) is 0. The average molecular weight is 359 g/mol. The zero-order valence-electron chi connectivity index (χ0n) is 15.6. The second kappa shape index (κ2) is 7.08. The van der Waals surface area contributed by atoms with E-state index in [0.29, 0.717) is 17.5 Å². The molecule has 2 aromatic rings. The molecule has 1 aliphatic rings. The minimum atomic E-state index is -0.973. The van der Waals surface area contributed by atoms with Gasteiger partial charge in [-0.05, 0) is 30.2 Å². The van der Waals surface area contributed by atoms with Crippen molar-refractivity contribution in [1.82, 2.24) is 9.80 Å². The maximum absolute atomic E-state index is 13.2. The van der Waals surface area contributed by atoms with Gasteiger partial charge in [-0.2, -0.15) is 5.26 Å². The monoisotopic (exact) mass is 359 g/mol. The quantitative estimate of drug-likeness (QED) is 0.792. The van der Waals surface area contributed by atoms with Crippen LogP contribution in [-0.4, -0.2) is 41.2 Å². The minimum absolute atomic E-state index is 0.158. The average Bonchev–Trinajstić information content (AvgIpc) is 2.69. The third kappa shape index (κ3) is 3.22. The van der Waals surface area contributed by atoms with Crippen molar-refractivity contribution >= 4 is 17.9 Å². The predicted molar refractivity (Wildman–Crippen MR) is 103 cm³/mol. The molecule has 0 aliphatic carbocycles. The molecule has 2 aromatic carbocycles. The molecule has 5 heteroatoms. The normalized spacial score (nSPS) is 21.5. The molecule has 0 saturated carbocycles. The molecule has 1 heterocycles. The van der Waals surface area contributed by atoms with Gasteiger partial charge in [-0.15, -0.1) is 0 Å². The van der Waals surface area contributed by atoms with E-state index < -0.39 is 5.54 Å². The molecule has 0 N–H and O–H groups in total. The van der Waals surface area contributed by atoms with Crippen LogP contribution in [0.1, 0.15) is 23.6 Å². The third-order valence-electron chi connectivity index (χ3n) is 5.16. The van der Waals surface area contributed by atoms with Crippen LogP contribution >= 0.6 is 0 Å². The lowest BCUT2D eigenvalue weighted by atomic mass is 9.87. The Kier molecular flexibility index (Phi) is 4.83. The molecule has 1 fully saturated rings. The van der Waals surface area contributed by atoms with Crippen LogP contribution in [0.4, 0.5) is 0 Å². The molecule has 1 atom stereocenters. The molecule has 1 aliphatic heterocycles. The molecule has 136 valence electrons. The van der Waals surface area contributed by atoms with E-state index >= 15 is 0 Å². The molecule has 1 unspecified atom stereocenters. The number of carbonyl (C=O) groups excluding carboxylic acids is 2. The number of rotatable bonds is 3. The molecule has 1 saturated heterocycles. The Balaban J connectivity index is 2.00. The molecule has 5 nitrogen and oxygen atoms in total. The van der Waals surface area contributed by atoms with Crippen LogP contribution in [0.5, 0.6) is 0 Å². The second-order valence-corrected chi connectivity index (χ2v) is 6.89. The summed E-state index contributed by atoms with van der Waals surface area (Å²) in [5.74, 6) is -0.405. The smallest absolute Gasteiger partial charge is 0.271 e. The maximum atomic E-state index is 13.2. The van der Waals surface area contributed by atoms with Crippen LogP contribution in [0.3, 0.4) is 0 Å². The summed E-state index contributed by atoms with van der Waals surface area (Å²) in [5, 5.41) is 9.28. The summed E-state index contributed by atoms with van der Waals surface area (Å²) >= 11 is 0. The van der Waals surface area contributed by atoms with Crippen LogP contribution in [0.25, 0.3) is 6.08 Å². The highest BCUT2D eigenvalue weighted by Crippen LogP contribution is 2.31. The third-order valence-corrected chi connectivity index (χ3v) is 5.16. The molecule has 0 aromatic heterocycles. The van der Waals surface area contributed by atoms with Gasteiger partial charge in [0.15, 0.2) is 0 Å². The summed E-state index contributed by atoms with van der Waals surface area (Å²) in [5.41, 5.74) is 1.35. The van der Waals surface area contributed by atoms with E-state index in [1.165, 1.54) is 9.80 Å². The number of likely N-dealkylation sites (N-methyl/N-ethyl adjacent to an activating group) is 2. The van der Waals surface area contributed by atoms with Crippen molar-refractivity contribution in [2.24, 2.45) is 0 Å². The Morgan fingerprint density at radius 1 is 1.04 bits per heavy atom. The molecule has 2 amide bonds. The van der Waals surface area contributed by atoms with Crippen LogP contribution in [0, 0.1) is 11.3 Å². The van der Waals surface area contributed by atoms with Gasteiger partial charge in [-0.1, -0.05) is 48.5 Å². The van der Waals surface area contributed by atoms with Gasteiger partial charge in [0.1, 0.15) is 11.2 Å². The molecular formula is C22H21N3O2.